The molecule has 1 aromatic heterocycles. The number of benzene rings is 1. The van der Waals surface area contributed by atoms with Crippen molar-refractivity contribution < 1.29 is 22.8 Å². The van der Waals surface area contributed by atoms with Crippen LogP contribution in [0.15, 0.2) is 30.5 Å². The Bertz CT molecular complexity index is 1180. The van der Waals surface area contributed by atoms with Crippen molar-refractivity contribution in [3.8, 4) is 0 Å². The summed E-state index contributed by atoms with van der Waals surface area (Å²) in [6.07, 6.45) is 1.71. The van der Waals surface area contributed by atoms with Gasteiger partial charge in [-0.2, -0.15) is 18.2 Å². The molecular formula is C27H34F3N7O2. The van der Waals surface area contributed by atoms with E-state index in [0.29, 0.717) is 24.1 Å². The van der Waals surface area contributed by atoms with Crippen LogP contribution in [0.2, 0.25) is 0 Å². The summed E-state index contributed by atoms with van der Waals surface area (Å²) in [5.41, 5.74) is 0.0354. The van der Waals surface area contributed by atoms with Crippen LogP contribution in [0.4, 0.5) is 30.6 Å². The van der Waals surface area contributed by atoms with Gasteiger partial charge in [0.05, 0.1) is 5.92 Å². The van der Waals surface area contributed by atoms with Gasteiger partial charge >= 0.3 is 6.18 Å². The van der Waals surface area contributed by atoms with E-state index >= 15 is 0 Å². The number of anilines is 3. The SMILES string of the molecule is CN1CCC(NC(=O)c2ccc(Nc3ncc(C(F)(F)F)c(N[C@@H]4CCC[C@@H]4C(=O)NC4CC4)n3)cc2)CC1. The van der Waals surface area contributed by atoms with Gasteiger partial charge in [-0.05, 0) is 82.9 Å². The zero-order valence-corrected chi connectivity index (χ0v) is 21.9. The molecule has 2 saturated carbocycles. The minimum atomic E-state index is -4.66. The summed E-state index contributed by atoms with van der Waals surface area (Å²) >= 11 is 0. The van der Waals surface area contributed by atoms with E-state index in [4.69, 9.17) is 0 Å². The van der Waals surface area contributed by atoms with Gasteiger partial charge in [0.1, 0.15) is 11.4 Å². The first-order valence-corrected chi connectivity index (χ1v) is 13.5. The van der Waals surface area contributed by atoms with Gasteiger partial charge in [-0.1, -0.05) is 6.42 Å². The first-order chi connectivity index (χ1) is 18.7. The third-order valence-electron chi connectivity index (χ3n) is 7.65. The fourth-order valence-electron chi connectivity index (χ4n) is 5.17. The number of aromatic nitrogens is 2. The summed E-state index contributed by atoms with van der Waals surface area (Å²) < 4.78 is 41.3. The first-order valence-electron chi connectivity index (χ1n) is 13.5. The summed E-state index contributed by atoms with van der Waals surface area (Å²) in [4.78, 5) is 35.5. The van der Waals surface area contributed by atoms with Crippen molar-refractivity contribution in [1.82, 2.24) is 25.5 Å². The van der Waals surface area contributed by atoms with Crippen LogP contribution in [-0.4, -0.2) is 64.9 Å². The average Bonchev–Trinajstić information content (AvgIpc) is 3.59. The fraction of sp³-hybridized carbons (Fsp3) is 0.556. The molecule has 2 amide bonds. The number of carbonyl (C=O) groups is 2. The minimum absolute atomic E-state index is 0.0222. The topological polar surface area (TPSA) is 111 Å². The van der Waals surface area contributed by atoms with Gasteiger partial charge in [0.15, 0.2) is 0 Å². The summed E-state index contributed by atoms with van der Waals surface area (Å²) in [6.45, 7) is 1.87. The number of carbonyl (C=O) groups excluding carboxylic acids is 2. The number of alkyl halides is 3. The van der Waals surface area contributed by atoms with Crippen LogP contribution in [-0.2, 0) is 11.0 Å². The van der Waals surface area contributed by atoms with Gasteiger partial charge in [-0.3, -0.25) is 9.59 Å². The van der Waals surface area contributed by atoms with Crippen LogP contribution in [0.1, 0.15) is 60.9 Å². The van der Waals surface area contributed by atoms with Crippen LogP contribution in [0.25, 0.3) is 0 Å². The third kappa shape index (κ3) is 6.97. The molecule has 1 aliphatic heterocycles. The molecule has 2 aliphatic carbocycles. The molecule has 9 nitrogen and oxygen atoms in total. The summed E-state index contributed by atoms with van der Waals surface area (Å²) in [5, 5.41) is 11.8. The molecule has 210 valence electrons. The zero-order valence-electron chi connectivity index (χ0n) is 21.9. The number of nitrogens with one attached hydrogen (secondary N) is 4. The Morgan fingerprint density at radius 1 is 0.949 bits per heavy atom. The highest BCUT2D eigenvalue weighted by Crippen LogP contribution is 2.37. The lowest BCUT2D eigenvalue weighted by Crippen LogP contribution is -2.43. The van der Waals surface area contributed by atoms with Gasteiger partial charge in [0.25, 0.3) is 5.91 Å². The Kier molecular flexibility index (Phi) is 7.92. The second-order valence-corrected chi connectivity index (χ2v) is 10.8. The fourth-order valence-corrected chi connectivity index (χ4v) is 5.17. The number of nitrogens with zero attached hydrogens (tertiary/aromatic N) is 3. The number of hydrogen-bond donors (Lipinski definition) is 4. The van der Waals surface area contributed by atoms with Gasteiger partial charge < -0.3 is 26.2 Å². The number of rotatable bonds is 8. The molecule has 3 fully saturated rings. The molecular weight excluding hydrogens is 511 g/mol. The number of likely N-dealkylation sites (tertiary alicyclic amines) is 1. The number of hydrogen-bond acceptors (Lipinski definition) is 7. The van der Waals surface area contributed by atoms with E-state index in [0.717, 1.165) is 51.4 Å². The van der Waals surface area contributed by atoms with Crippen molar-refractivity contribution in [1.29, 1.82) is 0 Å². The van der Waals surface area contributed by atoms with E-state index in [9.17, 15) is 22.8 Å². The molecule has 0 unspecified atom stereocenters. The molecule has 2 aromatic rings. The van der Waals surface area contributed by atoms with Gasteiger partial charge in [0, 0.05) is 35.6 Å². The van der Waals surface area contributed by atoms with E-state index < -0.39 is 23.7 Å². The van der Waals surface area contributed by atoms with E-state index in [2.05, 4.69) is 43.2 Å². The molecule has 39 heavy (non-hydrogen) atoms. The molecule has 2 atom stereocenters. The Hall–Kier alpha value is -3.41. The quantitative estimate of drug-likeness (QED) is 0.398. The molecule has 2 heterocycles. The smallest absolute Gasteiger partial charge is 0.366 e. The van der Waals surface area contributed by atoms with Crippen LogP contribution >= 0.6 is 0 Å². The van der Waals surface area contributed by atoms with Crippen molar-refractivity contribution in [2.24, 2.45) is 5.92 Å². The molecule has 0 radical (unpaired) electrons. The molecule has 1 aromatic carbocycles. The number of halogens is 3. The first kappa shape index (κ1) is 27.2. The Morgan fingerprint density at radius 3 is 2.31 bits per heavy atom. The van der Waals surface area contributed by atoms with Crippen molar-refractivity contribution in [2.45, 2.75) is 69.2 Å². The van der Waals surface area contributed by atoms with Crippen molar-refractivity contribution in [3.63, 3.8) is 0 Å². The van der Waals surface area contributed by atoms with Crippen molar-refractivity contribution in [3.05, 3.63) is 41.6 Å². The maximum atomic E-state index is 13.8. The lowest BCUT2D eigenvalue weighted by molar-refractivity contribution is -0.137. The van der Waals surface area contributed by atoms with E-state index in [1.807, 2.05) is 0 Å². The lowest BCUT2D eigenvalue weighted by Gasteiger charge is -2.29. The Morgan fingerprint density at radius 2 is 1.64 bits per heavy atom. The number of piperidine rings is 1. The maximum Gasteiger partial charge on any atom is 0.421 e. The van der Waals surface area contributed by atoms with Gasteiger partial charge in [0.2, 0.25) is 11.9 Å². The highest BCUT2D eigenvalue weighted by Gasteiger charge is 2.39. The molecule has 1 saturated heterocycles. The van der Waals surface area contributed by atoms with Gasteiger partial charge in [-0.25, -0.2) is 4.98 Å². The second-order valence-electron chi connectivity index (χ2n) is 10.8. The Balaban J connectivity index is 1.26. The molecule has 0 bridgehead atoms. The highest BCUT2D eigenvalue weighted by atomic mass is 19.4. The molecule has 5 rings (SSSR count). The minimum Gasteiger partial charge on any atom is -0.366 e. The standard InChI is InChI=1S/C27H34F3N7O2/c1-37-13-11-19(12-14-37)32-24(38)16-5-7-18(8-6-16)34-26-31-15-21(27(28,29)30)23(36-26)35-22-4-2-3-20(22)25(39)33-17-9-10-17/h5-8,15,17,19-20,22H,2-4,9-14H2,1H3,(H,32,38)(H,33,39)(H2,31,34,35,36)/t20-,22+/m0/s1. The van der Waals surface area contributed by atoms with Gasteiger partial charge in [-0.15, -0.1) is 0 Å². The van der Waals surface area contributed by atoms with E-state index in [-0.39, 0.29) is 35.7 Å². The van der Waals surface area contributed by atoms with Crippen LogP contribution in [0.5, 0.6) is 0 Å². The third-order valence-corrected chi connectivity index (χ3v) is 7.65. The summed E-state index contributed by atoms with van der Waals surface area (Å²) in [5.74, 6) is -1.07. The second kappa shape index (κ2) is 11.4. The Labute approximate surface area is 225 Å². The molecule has 0 spiro atoms. The normalized spacial score (nSPS) is 22.4. The summed E-state index contributed by atoms with van der Waals surface area (Å²) in [6, 6.07) is 6.49. The van der Waals surface area contributed by atoms with Crippen molar-refractivity contribution in [2.75, 3.05) is 30.8 Å². The average molecular weight is 546 g/mol. The van der Waals surface area contributed by atoms with Crippen LogP contribution < -0.4 is 21.3 Å². The zero-order chi connectivity index (χ0) is 27.6. The van der Waals surface area contributed by atoms with Crippen LogP contribution in [0, 0.1) is 5.92 Å². The monoisotopic (exact) mass is 545 g/mol. The molecule has 4 N–H and O–H groups in total. The maximum absolute atomic E-state index is 13.8. The predicted molar refractivity (Wildman–Crippen MR) is 141 cm³/mol. The van der Waals surface area contributed by atoms with Crippen LogP contribution in [0.3, 0.4) is 0 Å². The molecule has 12 heteroatoms. The van der Waals surface area contributed by atoms with E-state index in [1.165, 1.54) is 0 Å². The summed E-state index contributed by atoms with van der Waals surface area (Å²) in [7, 11) is 2.06. The number of amides is 2. The lowest BCUT2D eigenvalue weighted by atomic mass is 10.0. The largest absolute Gasteiger partial charge is 0.421 e. The highest BCUT2D eigenvalue weighted by molar-refractivity contribution is 5.94. The van der Waals surface area contributed by atoms with E-state index in [1.54, 1.807) is 24.3 Å². The molecule has 3 aliphatic rings. The van der Waals surface area contributed by atoms with Crippen molar-refractivity contribution >= 4 is 29.3 Å². The predicted octanol–water partition coefficient (Wildman–Crippen LogP) is 3.92.